The second-order valence-corrected chi connectivity index (χ2v) is 8.18. The number of hydrogen-bond acceptors (Lipinski definition) is 4. The minimum atomic E-state index is -0.219. The lowest BCUT2D eigenvalue weighted by Gasteiger charge is -2.13. The summed E-state index contributed by atoms with van der Waals surface area (Å²) in [6.07, 6.45) is 0. The molecule has 0 atom stereocenters. The molecule has 4 nitrogen and oxygen atoms in total. The van der Waals surface area contributed by atoms with E-state index in [0.717, 1.165) is 37.6 Å². The largest absolute Gasteiger partial charge is 0.483 e. The molecule has 0 fully saturated rings. The Labute approximate surface area is 178 Å². The van der Waals surface area contributed by atoms with E-state index < -0.39 is 0 Å². The number of nitrogens with zero attached hydrogens (tertiary/aromatic N) is 1. The molecule has 0 aliphatic carbocycles. The van der Waals surface area contributed by atoms with Gasteiger partial charge >= 0.3 is 0 Å². The first kappa shape index (κ1) is 19.4. The number of thiazole rings is 1. The van der Waals surface area contributed by atoms with Crippen molar-refractivity contribution in [2.45, 2.75) is 13.8 Å². The van der Waals surface area contributed by atoms with Gasteiger partial charge in [-0.05, 0) is 61.4 Å². The van der Waals surface area contributed by atoms with Gasteiger partial charge in [-0.1, -0.05) is 35.9 Å². The fourth-order valence-corrected chi connectivity index (χ4v) is 4.37. The first-order valence-electron chi connectivity index (χ1n) is 9.15. The average Bonchev–Trinajstić information content (AvgIpc) is 3.13. The average molecular weight is 423 g/mol. The highest BCUT2D eigenvalue weighted by Crippen LogP contribution is 2.34. The van der Waals surface area contributed by atoms with Crippen LogP contribution in [0.2, 0.25) is 5.02 Å². The van der Waals surface area contributed by atoms with Crippen LogP contribution >= 0.6 is 22.9 Å². The van der Waals surface area contributed by atoms with Gasteiger partial charge in [-0.25, -0.2) is 4.98 Å². The van der Waals surface area contributed by atoms with Gasteiger partial charge in [0.15, 0.2) is 6.61 Å². The van der Waals surface area contributed by atoms with Crippen LogP contribution in [-0.4, -0.2) is 17.5 Å². The lowest BCUT2D eigenvalue weighted by molar-refractivity contribution is -0.118. The summed E-state index contributed by atoms with van der Waals surface area (Å²) in [5.41, 5.74) is 4.61. The number of halogens is 1. The van der Waals surface area contributed by atoms with Crippen molar-refractivity contribution in [1.82, 2.24) is 4.98 Å². The van der Waals surface area contributed by atoms with Crippen LogP contribution < -0.4 is 10.1 Å². The van der Waals surface area contributed by atoms with Gasteiger partial charge in [-0.15, -0.1) is 11.3 Å². The van der Waals surface area contributed by atoms with Gasteiger partial charge in [-0.2, -0.15) is 0 Å². The third-order valence-electron chi connectivity index (χ3n) is 4.63. The molecule has 4 rings (SSSR count). The topological polar surface area (TPSA) is 51.2 Å². The van der Waals surface area contributed by atoms with Crippen molar-refractivity contribution in [3.05, 3.63) is 76.8 Å². The Morgan fingerprint density at radius 1 is 1.10 bits per heavy atom. The van der Waals surface area contributed by atoms with Crippen molar-refractivity contribution in [2.75, 3.05) is 11.9 Å². The number of fused-ring (bicyclic) bond motifs is 1. The van der Waals surface area contributed by atoms with E-state index in [2.05, 4.69) is 11.4 Å². The molecule has 4 aromatic rings. The highest BCUT2D eigenvalue weighted by Gasteiger charge is 2.13. The van der Waals surface area contributed by atoms with Crippen LogP contribution in [0.5, 0.6) is 5.75 Å². The Bertz CT molecular complexity index is 1170. The van der Waals surface area contributed by atoms with Crippen LogP contribution in [0.1, 0.15) is 11.1 Å². The number of benzene rings is 3. The van der Waals surface area contributed by atoms with Crippen molar-refractivity contribution in [1.29, 1.82) is 0 Å². The summed E-state index contributed by atoms with van der Waals surface area (Å²) in [6.45, 7) is 3.80. The number of anilines is 1. The van der Waals surface area contributed by atoms with E-state index in [1.54, 1.807) is 29.5 Å². The second kappa shape index (κ2) is 8.23. The van der Waals surface area contributed by atoms with Crippen LogP contribution in [-0.2, 0) is 4.79 Å². The minimum Gasteiger partial charge on any atom is -0.483 e. The van der Waals surface area contributed by atoms with Gasteiger partial charge in [-0.3, -0.25) is 4.79 Å². The maximum absolute atomic E-state index is 12.4. The van der Waals surface area contributed by atoms with E-state index in [-0.39, 0.29) is 12.5 Å². The number of carbonyl (C=O) groups is 1. The Morgan fingerprint density at radius 2 is 1.93 bits per heavy atom. The molecule has 6 heteroatoms. The second-order valence-electron chi connectivity index (χ2n) is 6.71. The Hall–Kier alpha value is -2.89. The molecule has 0 unspecified atom stereocenters. The molecular weight excluding hydrogens is 404 g/mol. The standard InChI is InChI=1S/C23H19ClN2O2S/c1-14-12-16(24)10-11-20(14)28-13-22(27)25-18-8-5-6-17(15(18)2)23-26-19-7-3-4-9-21(19)29-23/h3-12H,13H2,1-2H3,(H,25,27). The molecule has 0 saturated carbocycles. The van der Waals surface area contributed by atoms with E-state index in [9.17, 15) is 4.79 Å². The predicted molar refractivity (Wildman–Crippen MR) is 120 cm³/mol. The van der Waals surface area contributed by atoms with Crippen LogP contribution in [0, 0.1) is 13.8 Å². The van der Waals surface area contributed by atoms with Crippen molar-refractivity contribution < 1.29 is 9.53 Å². The first-order chi connectivity index (χ1) is 14.0. The van der Waals surface area contributed by atoms with Gasteiger partial charge in [0.2, 0.25) is 0 Å². The summed E-state index contributed by atoms with van der Waals surface area (Å²) < 4.78 is 6.78. The third kappa shape index (κ3) is 4.26. The van der Waals surface area contributed by atoms with E-state index in [1.165, 1.54) is 0 Å². The summed E-state index contributed by atoms with van der Waals surface area (Å²) in [7, 11) is 0. The first-order valence-corrected chi connectivity index (χ1v) is 10.3. The Morgan fingerprint density at radius 3 is 2.72 bits per heavy atom. The highest BCUT2D eigenvalue weighted by molar-refractivity contribution is 7.21. The van der Waals surface area contributed by atoms with Crippen molar-refractivity contribution in [3.63, 3.8) is 0 Å². The molecule has 0 saturated heterocycles. The molecule has 1 N–H and O–H groups in total. The summed E-state index contributed by atoms with van der Waals surface area (Å²) in [4.78, 5) is 17.2. The smallest absolute Gasteiger partial charge is 0.262 e. The van der Waals surface area contributed by atoms with Gasteiger partial charge in [0.05, 0.1) is 10.2 Å². The Kier molecular flexibility index (Phi) is 5.51. The quantitative estimate of drug-likeness (QED) is 0.413. The number of aromatic nitrogens is 1. The van der Waals surface area contributed by atoms with Gasteiger partial charge in [0, 0.05) is 16.3 Å². The molecular formula is C23H19ClN2O2S. The maximum Gasteiger partial charge on any atom is 0.262 e. The maximum atomic E-state index is 12.4. The molecule has 146 valence electrons. The zero-order valence-corrected chi connectivity index (χ0v) is 17.6. The van der Waals surface area contributed by atoms with E-state index in [4.69, 9.17) is 21.3 Å². The van der Waals surface area contributed by atoms with Crippen LogP contribution in [0.15, 0.2) is 60.7 Å². The molecule has 1 heterocycles. The number of carbonyl (C=O) groups excluding carboxylic acids is 1. The molecule has 1 amide bonds. The summed E-state index contributed by atoms with van der Waals surface area (Å²) in [6, 6.07) is 19.2. The molecule has 0 spiro atoms. The number of para-hydroxylation sites is 1. The lowest BCUT2D eigenvalue weighted by atomic mass is 10.1. The molecule has 29 heavy (non-hydrogen) atoms. The van der Waals surface area contributed by atoms with Gasteiger partial charge in [0.25, 0.3) is 5.91 Å². The Balaban J connectivity index is 1.50. The van der Waals surface area contributed by atoms with Gasteiger partial charge < -0.3 is 10.1 Å². The monoisotopic (exact) mass is 422 g/mol. The van der Waals surface area contributed by atoms with E-state index >= 15 is 0 Å². The number of hydrogen-bond donors (Lipinski definition) is 1. The number of amides is 1. The van der Waals surface area contributed by atoms with Crippen LogP contribution in [0.25, 0.3) is 20.8 Å². The van der Waals surface area contributed by atoms with Crippen LogP contribution in [0.3, 0.4) is 0 Å². The van der Waals surface area contributed by atoms with E-state index in [1.807, 2.05) is 50.2 Å². The fourth-order valence-electron chi connectivity index (χ4n) is 3.09. The molecule has 3 aromatic carbocycles. The summed E-state index contributed by atoms with van der Waals surface area (Å²) in [5.74, 6) is 0.424. The number of aryl methyl sites for hydroxylation is 1. The SMILES string of the molecule is Cc1cc(Cl)ccc1OCC(=O)Nc1cccc(-c2nc3ccccc3s2)c1C. The molecule has 0 aliphatic rings. The molecule has 0 radical (unpaired) electrons. The minimum absolute atomic E-state index is 0.0761. The fraction of sp³-hybridized carbons (Fsp3) is 0.130. The highest BCUT2D eigenvalue weighted by atomic mass is 35.5. The van der Waals surface area contributed by atoms with Crippen molar-refractivity contribution in [3.8, 4) is 16.3 Å². The predicted octanol–water partition coefficient (Wildman–Crippen LogP) is 6.25. The lowest BCUT2D eigenvalue weighted by Crippen LogP contribution is -2.21. The third-order valence-corrected chi connectivity index (χ3v) is 5.93. The molecule has 1 aromatic heterocycles. The summed E-state index contributed by atoms with van der Waals surface area (Å²) >= 11 is 7.60. The van der Waals surface area contributed by atoms with Crippen molar-refractivity contribution in [2.24, 2.45) is 0 Å². The number of rotatable bonds is 5. The molecule has 0 aliphatic heterocycles. The van der Waals surface area contributed by atoms with Crippen molar-refractivity contribution >= 4 is 44.7 Å². The number of nitrogens with one attached hydrogen (secondary N) is 1. The normalized spacial score (nSPS) is 10.9. The molecule has 0 bridgehead atoms. The number of ether oxygens (including phenoxy) is 1. The van der Waals surface area contributed by atoms with E-state index in [0.29, 0.717) is 10.8 Å². The van der Waals surface area contributed by atoms with Crippen LogP contribution in [0.4, 0.5) is 5.69 Å². The zero-order valence-electron chi connectivity index (χ0n) is 16.0. The summed E-state index contributed by atoms with van der Waals surface area (Å²) in [5, 5.41) is 4.52. The van der Waals surface area contributed by atoms with Gasteiger partial charge in [0.1, 0.15) is 10.8 Å². The zero-order chi connectivity index (χ0) is 20.4.